The second kappa shape index (κ2) is 6.57. The Balaban J connectivity index is 0.00000144. The van der Waals surface area contributed by atoms with Gasteiger partial charge in [-0.1, -0.05) is 12.1 Å². The van der Waals surface area contributed by atoms with Gasteiger partial charge >= 0.3 is 0 Å². The molecule has 0 radical (unpaired) electrons. The van der Waals surface area contributed by atoms with Gasteiger partial charge in [0.05, 0.1) is 5.56 Å². The van der Waals surface area contributed by atoms with Gasteiger partial charge < -0.3 is 10.6 Å². The van der Waals surface area contributed by atoms with Gasteiger partial charge in [0.15, 0.2) is 0 Å². The molecule has 3 nitrogen and oxygen atoms in total. The van der Waals surface area contributed by atoms with E-state index in [9.17, 15) is 9.18 Å². The lowest BCUT2D eigenvalue weighted by molar-refractivity contribution is 0.0946. The van der Waals surface area contributed by atoms with E-state index in [1.165, 1.54) is 12.1 Å². The van der Waals surface area contributed by atoms with Crippen molar-refractivity contribution in [3.63, 3.8) is 0 Å². The van der Waals surface area contributed by atoms with Gasteiger partial charge in [-0.3, -0.25) is 4.79 Å². The van der Waals surface area contributed by atoms with Crippen LogP contribution in [0.3, 0.4) is 0 Å². The third kappa shape index (κ3) is 3.68. The molecule has 1 amide bonds. The molecule has 0 spiro atoms. The van der Waals surface area contributed by atoms with Crippen LogP contribution in [0.4, 0.5) is 4.39 Å². The zero-order chi connectivity index (χ0) is 11.4. The van der Waals surface area contributed by atoms with Crippen LogP contribution in [0.5, 0.6) is 0 Å². The summed E-state index contributed by atoms with van der Waals surface area (Å²) in [7, 11) is 0. The Labute approximate surface area is 106 Å². The highest BCUT2D eigenvalue weighted by molar-refractivity contribution is 5.94. The Bertz CT molecular complexity index is 381. The van der Waals surface area contributed by atoms with Crippen LogP contribution in [0, 0.1) is 5.82 Å². The highest BCUT2D eigenvalue weighted by Crippen LogP contribution is 2.07. The van der Waals surface area contributed by atoms with Gasteiger partial charge in [-0.25, -0.2) is 4.39 Å². The molecule has 1 aromatic carbocycles. The molecule has 1 aromatic rings. The van der Waals surface area contributed by atoms with Crippen LogP contribution in [-0.2, 0) is 0 Å². The van der Waals surface area contributed by atoms with Crippen molar-refractivity contribution in [3.05, 3.63) is 35.6 Å². The maximum Gasteiger partial charge on any atom is 0.254 e. The first kappa shape index (κ1) is 13.9. The molecule has 5 heteroatoms. The quantitative estimate of drug-likeness (QED) is 0.867. The van der Waals surface area contributed by atoms with Crippen molar-refractivity contribution >= 4 is 18.3 Å². The van der Waals surface area contributed by atoms with Gasteiger partial charge in [-0.15, -0.1) is 12.4 Å². The summed E-state index contributed by atoms with van der Waals surface area (Å²) in [5, 5.41) is 6.01. The fourth-order valence-corrected chi connectivity index (χ4v) is 1.89. The van der Waals surface area contributed by atoms with Crippen molar-refractivity contribution in [2.45, 2.75) is 18.9 Å². The molecular formula is C12H16ClFN2O. The van der Waals surface area contributed by atoms with E-state index in [-0.39, 0.29) is 23.9 Å². The average molecular weight is 259 g/mol. The van der Waals surface area contributed by atoms with Gasteiger partial charge in [-0.05, 0) is 31.5 Å². The fraction of sp³-hybridized carbons (Fsp3) is 0.417. The first-order valence-electron chi connectivity index (χ1n) is 5.53. The SMILES string of the molecule is Cl.O=C(NC[C@H]1CCCN1)c1ccccc1F. The second-order valence-electron chi connectivity index (χ2n) is 3.98. The minimum atomic E-state index is -0.473. The van der Waals surface area contributed by atoms with E-state index in [1.54, 1.807) is 12.1 Å². The lowest BCUT2D eigenvalue weighted by Gasteiger charge is -2.11. The first-order valence-corrected chi connectivity index (χ1v) is 5.53. The molecule has 1 saturated heterocycles. The lowest BCUT2D eigenvalue weighted by atomic mass is 10.2. The summed E-state index contributed by atoms with van der Waals surface area (Å²) >= 11 is 0. The van der Waals surface area contributed by atoms with E-state index in [2.05, 4.69) is 10.6 Å². The van der Waals surface area contributed by atoms with Crippen molar-refractivity contribution in [1.82, 2.24) is 10.6 Å². The maximum absolute atomic E-state index is 13.3. The average Bonchev–Trinajstić information content (AvgIpc) is 2.79. The fourth-order valence-electron chi connectivity index (χ4n) is 1.89. The molecule has 1 heterocycles. The zero-order valence-electron chi connectivity index (χ0n) is 9.41. The molecule has 1 aliphatic rings. The lowest BCUT2D eigenvalue weighted by Crippen LogP contribution is -2.37. The Hall–Kier alpha value is -1.13. The Morgan fingerprint density at radius 3 is 2.88 bits per heavy atom. The van der Waals surface area contributed by atoms with Crippen LogP contribution in [0.1, 0.15) is 23.2 Å². The Morgan fingerprint density at radius 1 is 1.47 bits per heavy atom. The third-order valence-electron chi connectivity index (χ3n) is 2.79. The largest absolute Gasteiger partial charge is 0.350 e. The van der Waals surface area contributed by atoms with E-state index < -0.39 is 5.82 Å². The van der Waals surface area contributed by atoms with Crippen LogP contribution in [0.2, 0.25) is 0 Å². The van der Waals surface area contributed by atoms with Crippen LogP contribution in [0.25, 0.3) is 0 Å². The molecule has 0 bridgehead atoms. The van der Waals surface area contributed by atoms with Gasteiger partial charge in [-0.2, -0.15) is 0 Å². The van der Waals surface area contributed by atoms with E-state index in [1.807, 2.05) is 0 Å². The van der Waals surface area contributed by atoms with Crippen molar-refractivity contribution in [3.8, 4) is 0 Å². The Morgan fingerprint density at radius 2 is 2.24 bits per heavy atom. The Kier molecular flexibility index (Phi) is 5.38. The normalized spacial score (nSPS) is 18.5. The standard InChI is InChI=1S/C12H15FN2O.ClH/c13-11-6-2-1-5-10(11)12(16)15-8-9-4-3-7-14-9;/h1-2,5-6,9,14H,3-4,7-8H2,(H,15,16);1H/t9-;/m1./s1. The third-order valence-corrected chi connectivity index (χ3v) is 2.79. The minimum Gasteiger partial charge on any atom is -0.350 e. The van der Waals surface area contributed by atoms with Crippen molar-refractivity contribution in [2.24, 2.45) is 0 Å². The molecule has 94 valence electrons. The monoisotopic (exact) mass is 258 g/mol. The van der Waals surface area contributed by atoms with Crippen LogP contribution >= 0.6 is 12.4 Å². The second-order valence-corrected chi connectivity index (χ2v) is 3.98. The van der Waals surface area contributed by atoms with E-state index >= 15 is 0 Å². The van der Waals surface area contributed by atoms with Gasteiger partial charge in [0, 0.05) is 12.6 Å². The number of benzene rings is 1. The van der Waals surface area contributed by atoms with Gasteiger partial charge in [0.25, 0.3) is 5.91 Å². The van der Waals surface area contributed by atoms with Crippen LogP contribution < -0.4 is 10.6 Å². The summed E-state index contributed by atoms with van der Waals surface area (Å²) in [5.41, 5.74) is 0.112. The van der Waals surface area contributed by atoms with Crippen LogP contribution in [0.15, 0.2) is 24.3 Å². The van der Waals surface area contributed by atoms with E-state index in [4.69, 9.17) is 0 Å². The predicted octanol–water partition coefficient (Wildman–Crippen LogP) is 1.73. The number of hydrogen-bond donors (Lipinski definition) is 2. The summed E-state index contributed by atoms with van der Waals surface area (Å²) in [6.07, 6.45) is 2.21. The molecular weight excluding hydrogens is 243 g/mol. The molecule has 1 aliphatic heterocycles. The van der Waals surface area contributed by atoms with Crippen LogP contribution in [-0.4, -0.2) is 25.0 Å². The minimum absolute atomic E-state index is 0. The number of hydrogen-bond acceptors (Lipinski definition) is 2. The molecule has 0 aliphatic carbocycles. The molecule has 2 rings (SSSR count). The van der Waals surface area contributed by atoms with Gasteiger partial charge in [0.1, 0.15) is 5.82 Å². The predicted molar refractivity (Wildman–Crippen MR) is 67.0 cm³/mol. The molecule has 2 N–H and O–H groups in total. The van der Waals surface area contributed by atoms with E-state index in [0.29, 0.717) is 12.6 Å². The summed E-state index contributed by atoms with van der Waals surface area (Å²) in [6, 6.07) is 6.35. The number of carbonyl (C=O) groups excluding carboxylic acids is 1. The summed E-state index contributed by atoms with van der Waals surface area (Å²) in [6.45, 7) is 1.56. The molecule has 0 aromatic heterocycles. The summed E-state index contributed by atoms with van der Waals surface area (Å²) in [4.78, 5) is 11.6. The van der Waals surface area contributed by atoms with Crippen molar-refractivity contribution in [2.75, 3.05) is 13.1 Å². The summed E-state index contributed by atoms with van der Waals surface area (Å²) in [5.74, 6) is -0.814. The maximum atomic E-state index is 13.3. The number of carbonyl (C=O) groups is 1. The number of nitrogens with one attached hydrogen (secondary N) is 2. The first-order chi connectivity index (χ1) is 7.77. The molecule has 0 saturated carbocycles. The van der Waals surface area contributed by atoms with Gasteiger partial charge in [0.2, 0.25) is 0 Å². The molecule has 1 fully saturated rings. The smallest absolute Gasteiger partial charge is 0.254 e. The van der Waals surface area contributed by atoms with E-state index in [0.717, 1.165) is 19.4 Å². The number of halogens is 2. The van der Waals surface area contributed by atoms with Crippen molar-refractivity contribution in [1.29, 1.82) is 0 Å². The zero-order valence-corrected chi connectivity index (χ0v) is 10.2. The number of rotatable bonds is 3. The molecule has 0 unspecified atom stereocenters. The highest BCUT2D eigenvalue weighted by atomic mass is 35.5. The number of amides is 1. The summed E-state index contributed by atoms with van der Waals surface area (Å²) < 4.78 is 13.3. The van der Waals surface area contributed by atoms with Crippen molar-refractivity contribution < 1.29 is 9.18 Å². The topological polar surface area (TPSA) is 41.1 Å². The highest BCUT2D eigenvalue weighted by Gasteiger charge is 2.16. The molecule has 1 atom stereocenters. The molecule has 17 heavy (non-hydrogen) atoms.